The normalized spacial score (nSPS) is 19.6. The van der Waals surface area contributed by atoms with E-state index in [-0.39, 0.29) is 61.2 Å². The first-order valence-corrected chi connectivity index (χ1v) is 23.1. The van der Waals surface area contributed by atoms with E-state index in [1.165, 1.54) is 12.8 Å². The average Bonchev–Trinajstić information content (AvgIpc) is 3.79. The molecule has 8 rings (SSSR count). The van der Waals surface area contributed by atoms with E-state index in [4.69, 9.17) is 21.0 Å². The Kier molecular flexibility index (Phi) is 14.8. The molecular formula is C49H56BrF2N11O2. The van der Waals surface area contributed by atoms with Crippen molar-refractivity contribution in [2.45, 2.75) is 128 Å². The molecule has 2 aliphatic heterocycles. The third-order valence-electron chi connectivity index (χ3n) is 12.8. The molecule has 0 spiro atoms. The number of anilines is 3. The molecule has 3 aliphatic rings. The summed E-state index contributed by atoms with van der Waals surface area (Å²) in [6.07, 6.45) is 5.59. The van der Waals surface area contributed by atoms with Crippen LogP contribution in [-0.2, 0) is 4.79 Å². The molecule has 2 saturated heterocycles. The first kappa shape index (κ1) is 47.0. The van der Waals surface area contributed by atoms with Gasteiger partial charge in [0.25, 0.3) is 0 Å². The molecule has 1 unspecified atom stereocenters. The third kappa shape index (κ3) is 11.3. The number of carbonyl (C=O) groups is 1. The lowest BCUT2D eigenvalue weighted by Crippen LogP contribution is -2.45. The van der Waals surface area contributed by atoms with Crippen LogP contribution in [0.1, 0.15) is 129 Å². The lowest BCUT2D eigenvalue weighted by Gasteiger charge is -2.40. The molecule has 1 aliphatic carbocycles. The second kappa shape index (κ2) is 20.5. The monoisotopic (exact) mass is 947 g/mol. The standard InChI is InChI=1S/C29H41F2N5O.C20H15BrN6O/c1-19(2)27-34-33-20(3)36(27)25-17-23-9-10-24(18-25)35(23)16-13-26(21-7-5-4-6-8-21)32-28(37)22-11-14-29(30,31)15-12-22;1-11-7-14(10-23)8-12(2)17(11)28-19-16(21)18(24)26-20(27-19)25-15-5-3-13(9-22)4-6-15/h4-8,19,22-26H,9-18H2,1-3H3,(H,32,37);3-8H,1-2H3,(H3,24,25,26,27)/t23-,24+,25?,26-;/m0./s1. The lowest BCUT2D eigenvalue weighted by atomic mass is 9.86. The minimum absolute atomic E-state index is 0.0738. The van der Waals surface area contributed by atoms with Crippen molar-refractivity contribution in [2.24, 2.45) is 5.92 Å². The van der Waals surface area contributed by atoms with Crippen LogP contribution in [0.15, 0.2) is 71.2 Å². The van der Waals surface area contributed by atoms with E-state index in [1.807, 2.05) is 32.0 Å². The lowest BCUT2D eigenvalue weighted by molar-refractivity contribution is -0.130. The molecule has 4 heterocycles. The van der Waals surface area contributed by atoms with E-state index in [9.17, 15) is 13.6 Å². The van der Waals surface area contributed by atoms with E-state index in [0.717, 1.165) is 54.1 Å². The van der Waals surface area contributed by atoms with Gasteiger partial charge in [0.1, 0.15) is 27.7 Å². The number of hydrogen-bond acceptors (Lipinski definition) is 11. The first-order chi connectivity index (χ1) is 31.1. The maximum Gasteiger partial charge on any atom is 0.248 e. The molecule has 3 fully saturated rings. The second-order valence-corrected chi connectivity index (χ2v) is 18.6. The summed E-state index contributed by atoms with van der Waals surface area (Å²) < 4.78 is 36.1. The molecule has 1 amide bonds. The summed E-state index contributed by atoms with van der Waals surface area (Å²) in [6, 6.07) is 26.0. The number of ether oxygens (including phenoxy) is 1. The fourth-order valence-corrected chi connectivity index (χ4v) is 9.78. The molecule has 13 nitrogen and oxygen atoms in total. The number of halogens is 3. The molecule has 4 atom stereocenters. The predicted octanol–water partition coefficient (Wildman–Crippen LogP) is 10.7. The van der Waals surface area contributed by atoms with Crippen molar-refractivity contribution in [3.05, 3.63) is 111 Å². The number of alkyl halides is 2. The van der Waals surface area contributed by atoms with Gasteiger partial charge in [0.2, 0.25) is 23.7 Å². The number of aromatic nitrogens is 5. The number of fused-ring (bicyclic) bond motifs is 2. The molecule has 4 N–H and O–H groups in total. The number of rotatable bonds is 12. The van der Waals surface area contributed by atoms with E-state index in [2.05, 4.69) is 101 Å². The Hall–Kier alpha value is -5.97. The zero-order chi connectivity index (χ0) is 46.4. The summed E-state index contributed by atoms with van der Waals surface area (Å²) in [5.74, 6) is 0.743. The van der Waals surface area contributed by atoms with E-state index in [1.54, 1.807) is 36.4 Å². The van der Waals surface area contributed by atoms with Crippen molar-refractivity contribution in [1.82, 2.24) is 34.9 Å². The Morgan fingerprint density at radius 2 is 1.54 bits per heavy atom. The smallest absolute Gasteiger partial charge is 0.248 e. The summed E-state index contributed by atoms with van der Waals surface area (Å²) in [7, 11) is 0. The number of nitriles is 2. The molecule has 16 heteroatoms. The number of nitrogens with one attached hydrogen (secondary N) is 2. The van der Waals surface area contributed by atoms with Crippen LogP contribution in [0.2, 0.25) is 0 Å². The number of amides is 1. The van der Waals surface area contributed by atoms with Gasteiger partial charge in [-0.2, -0.15) is 20.5 Å². The number of aryl methyl sites for hydroxylation is 3. The van der Waals surface area contributed by atoms with Gasteiger partial charge in [-0.05, 0) is 135 Å². The summed E-state index contributed by atoms with van der Waals surface area (Å²) in [5, 5.41) is 33.1. The largest absolute Gasteiger partial charge is 0.437 e. The van der Waals surface area contributed by atoms with Crippen LogP contribution in [0, 0.1) is 49.4 Å². The summed E-state index contributed by atoms with van der Waals surface area (Å²) in [4.78, 5) is 24.4. The maximum absolute atomic E-state index is 13.6. The van der Waals surface area contributed by atoms with Gasteiger partial charge in [-0.15, -0.1) is 10.2 Å². The number of carbonyl (C=O) groups excluding carboxylic acids is 1. The molecule has 2 bridgehead atoms. The topological polar surface area (TPSA) is 184 Å². The molecule has 0 radical (unpaired) electrons. The van der Waals surface area contributed by atoms with Gasteiger partial charge < -0.3 is 25.7 Å². The quantitative estimate of drug-likeness (QED) is 0.108. The van der Waals surface area contributed by atoms with E-state index < -0.39 is 5.92 Å². The Morgan fingerprint density at radius 3 is 2.14 bits per heavy atom. The van der Waals surface area contributed by atoms with Crippen molar-refractivity contribution in [1.29, 1.82) is 10.5 Å². The number of benzene rings is 3. The number of hydrogen-bond donors (Lipinski definition) is 3. The van der Waals surface area contributed by atoms with Gasteiger partial charge in [0.15, 0.2) is 0 Å². The second-order valence-electron chi connectivity index (χ2n) is 17.8. The Labute approximate surface area is 387 Å². The van der Waals surface area contributed by atoms with Gasteiger partial charge in [-0.25, -0.2) is 8.78 Å². The Bertz CT molecular complexity index is 2510. The summed E-state index contributed by atoms with van der Waals surface area (Å²) in [5.41, 5.74) is 10.5. The van der Waals surface area contributed by atoms with Gasteiger partial charge in [0.05, 0.1) is 29.3 Å². The SMILES string of the molecule is Cc1cc(C#N)cc(C)c1Oc1nc(Nc2ccc(C#N)cc2)nc(N)c1Br.Cc1nnc(C(C)C)n1C1C[C@H]2CC[C@@H](C1)N2CC[C@H](NC(=O)C1CCC(F)(F)CC1)c1ccccc1. The first-order valence-electron chi connectivity index (χ1n) is 22.3. The van der Waals surface area contributed by atoms with E-state index >= 15 is 0 Å². The zero-order valence-electron chi connectivity index (χ0n) is 37.5. The van der Waals surface area contributed by atoms with Gasteiger partial charge in [-0.3, -0.25) is 9.69 Å². The minimum Gasteiger partial charge on any atom is -0.437 e. The van der Waals surface area contributed by atoms with Crippen LogP contribution in [0.25, 0.3) is 0 Å². The Morgan fingerprint density at radius 1 is 0.908 bits per heavy atom. The highest BCUT2D eigenvalue weighted by molar-refractivity contribution is 9.10. The van der Waals surface area contributed by atoms with Gasteiger partial charge in [0, 0.05) is 55.0 Å². The average molecular weight is 949 g/mol. The maximum atomic E-state index is 13.6. The number of nitrogen functional groups attached to an aromatic ring is 1. The van der Waals surface area contributed by atoms with Crippen LogP contribution < -0.4 is 21.1 Å². The molecular weight excluding hydrogens is 893 g/mol. The number of piperidine rings is 1. The molecule has 5 aromatic rings. The highest BCUT2D eigenvalue weighted by Crippen LogP contribution is 2.43. The highest BCUT2D eigenvalue weighted by Gasteiger charge is 2.43. The predicted molar refractivity (Wildman–Crippen MR) is 249 cm³/mol. The van der Waals surface area contributed by atoms with Crippen LogP contribution in [0.4, 0.5) is 26.2 Å². The van der Waals surface area contributed by atoms with Crippen LogP contribution in [-0.4, -0.2) is 60.1 Å². The minimum atomic E-state index is -2.62. The molecule has 3 aromatic carbocycles. The fourth-order valence-electron chi connectivity index (χ4n) is 9.53. The molecule has 340 valence electrons. The van der Waals surface area contributed by atoms with Crippen molar-refractivity contribution in [3.63, 3.8) is 0 Å². The molecule has 1 saturated carbocycles. The molecule has 65 heavy (non-hydrogen) atoms. The van der Waals surface area contributed by atoms with Crippen molar-refractivity contribution >= 4 is 39.3 Å². The van der Waals surface area contributed by atoms with Crippen molar-refractivity contribution in [2.75, 3.05) is 17.6 Å². The van der Waals surface area contributed by atoms with Gasteiger partial charge in [-0.1, -0.05) is 44.2 Å². The number of nitrogens with zero attached hydrogens (tertiary/aromatic N) is 8. The van der Waals surface area contributed by atoms with Crippen LogP contribution in [0.3, 0.4) is 0 Å². The van der Waals surface area contributed by atoms with Gasteiger partial charge >= 0.3 is 0 Å². The third-order valence-corrected chi connectivity index (χ3v) is 13.6. The van der Waals surface area contributed by atoms with Crippen LogP contribution in [0.5, 0.6) is 11.6 Å². The summed E-state index contributed by atoms with van der Waals surface area (Å²) in [6.45, 7) is 11.1. The van der Waals surface area contributed by atoms with Crippen molar-refractivity contribution < 1.29 is 18.3 Å². The van der Waals surface area contributed by atoms with E-state index in [0.29, 0.717) is 51.1 Å². The highest BCUT2D eigenvalue weighted by atomic mass is 79.9. The van der Waals surface area contributed by atoms with Crippen molar-refractivity contribution in [3.8, 4) is 23.8 Å². The Balaban J connectivity index is 0.000000202. The van der Waals surface area contributed by atoms with Crippen LogP contribution >= 0.6 is 15.9 Å². The number of nitrogens with two attached hydrogens (primary N) is 1. The molecule has 2 aromatic heterocycles. The zero-order valence-corrected chi connectivity index (χ0v) is 39.1. The summed E-state index contributed by atoms with van der Waals surface area (Å²) >= 11 is 3.36. The fraction of sp³-hybridized carbons (Fsp3) is 0.449.